The standard InChI is InChI=1S/C39H57N9O5/c1-4-5-7-14-42-37-36-32(43-39(40)44-37)12-17-47(36)27-31-11-10-30(24-28(31)2)26-45-18-20-46(21-19-45)34(50)13-22-53-23-15-41-33(49)9-6-8-16-48-35(51)25-29(3)38(48)52/h10-12,17,24,29H,4-9,13-16,18-23,25-27H2,1-3H3,(H,41,49)(H3,40,42,43,44). The van der Waals surface area contributed by atoms with Gasteiger partial charge < -0.3 is 30.6 Å². The van der Waals surface area contributed by atoms with Gasteiger partial charge in [-0.05, 0) is 48.9 Å². The number of aromatic nitrogens is 3. The number of carbonyl (C=O) groups is 4. The fourth-order valence-electron chi connectivity index (χ4n) is 7.00. The van der Waals surface area contributed by atoms with Gasteiger partial charge in [0.2, 0.25) is 29.6 Å². The number of hydrogen-bond acceptors (Lipinski definition) is 10. The number of aryl methyl sites for hydroxylation is 1. The maximum Gasteiger partial charge on any atom is 0.232 e. The van der Waals surface area contributed by atoms with Crippen LogP contribution >= 0.6 is 0 Å². The van der Waals surface area contributed by atoms with Gasteiger partial charge in [-0.2, -0.15) is 4.98 Å². The molecule has 1 aromatic carbocycles. The minimum Gasteiger partial charge on any atom is -0.379 e. The normalized spacial score (nSPS) is 16.5. The van der Waals surface area contributed by atoms with Crippen LogP contribution in [0.4, 0.5) is 11.8 Å². The molecule has 4 amide bonds. The Hall–Kier alpha value is -4.56. The van der Waals surface area contributed by atoms with Gasteiger partial charge in [-0.1, -0.05) is 44.9 Å². The quantitative estimate of drug-likeness (QED) is 0.115. The van der Waals surface area contributed by atoms with Crippen molar-refractivity contribution < 1.29 is 23.9 Å². The summed E-state index contributed by atoms with van der Waals surface area (Å²) >= 11 is 0. The van der Waals surface area contributed by atoms with Crippen LogP contribution in [0, 0.1) is 12.8 Å². The molecule has 4 heterocycles. The Kier molecular flexibility index (Phi) is 14.6. The largest absolute Gasteiger partial charge is 0.379 e. The van der Waals surface area contributed by atoms with Crippen LogP contribution < -0.4 is 16.4 Å². The van der Waals surface area contributed by atoms with Gasteiger partial charge in [0.05, 0.1) is 25.2 Å². The molecule has 14 nitrogen and oxygen atoms in total. The Balaban J connectivity index is 0.960. The highest BCUT2D eigenvalue weighted by atomic mass is 16.5. The Morgan fingerprint density at radius 3 is 2.51 bits per heavy atom. The number of piperazine rings is 1. The molecule has 2 aromatic heterocycles. The zero-order valence-corrected chi connectivity index (χ0v) is 31.7. The molecule has 3 aromatic rings. The predicted octanol–water partition coefficient (Wildman–Crippen LogP) is 3.70. The van der Waals surface area contributed by atoms with Crippen LogP contribution in [0.1, 0.15) is 81.9 Å². The lowest BCUT2D eigenvalue weighted by Crippen LogP contribution is -2.48. The summed E-state index contributed by atoms with van der Waals surface area (Å²) in [6, 6.07) is 8.66. The number of anilines is 2. The number of nitrogens with two attached hydrogens (primary N) is 1. The predicted molar refractivity (Wildman–Crippen MR) is 205 cm³/mol. The highest BCUT2D eigenvalue weighted by Crippen LogP contribution is 2.25. The van der Waals surface area contributed by atoms with Crippen molar-refractivity contribution in [2.75, 3.05) is 70.1 Å². The lowest BCUT2D eigenvalue weighted by Gasteiger charge is -2.35. The van der Waals surface area contributed by atoms with Crippen molar-refractivity contribution in [3.8, 4) is 0 Å². The van der Waals surface area contributed by atoms with E-state index in [1.165, 1.54) is 21.6 Å². The summed E-state index contributed by atoms with van der Waals surface area (Å²) in [6.45, 7) is 12.9. The fourth-order valence-corrected chi connectivity index (χ4v) is 7.00. The first-order chi connectivity index (χ1) is 25.6. The van der Waals surface area contributed by atoms with E-state index in [1.807, 2.05) is 11.0 Å². The lowest BCUT2D eigenvalue weighted by atomic mass is 10.0. The minimum atomic E-state index is -0.240. The monoisotopic (exact) mass is 731 g/mol. The van der Waals surface area contributed by atoms with Gasteiger partial charge in [-0.15, -0.1) is 0 Å². The Labute approximate surface area is 312 Å². The molecular formula is C39H57N9O5. The van der Waals surface area contributed by atoms with Gasteiger partial charge in [0.15, 0.2) is 5.82 Å². The number of nitrogen functional groups attached to an aromatic ring is 1. The van der Waals surface area contributed by atoms with Crippen LogP contribution in [0.3, 0.4) is 0 Å². The molecule has 2 saturated heterocycles. The molecule has 4 N–H and O–H groups in total. The van der Waals surface area contributed by atoms with E-state index in [2.05, 4.69) is 68.3 Å². The molecule has 1 unspecified atom stereocenters. The van der Waals surface area contributed by atoms with Crippen LogP contribution in [0.2, 0.25) is 0 Å². The third kappa shape index (κ3) is 11.2. The van der Waals surface area contributed by atoms with E-state index < -0.39 is 0 Å². The van der Waals surface area contributed by atoms with Gasteiger partial charge in [0.25, 0.3) is 0 Å². The first-order valence-corrected chi connectivity index (χ1v) is 19.3. The van der Waals surface area contributed by atoms with E-state index in [-0.39, 0.29) is 41.9 Å². The molecule has 5 rings (SSSR count). The van der Waals surface area contributed by atoms with Crippen LogP contribution in [-0.4, -0.2) is 112 Å². The highest BCUT2D eigenvalue weighted by Gasteiger charge is 2.34. The van der Waals surface area contributed by atoms with Crippen molar-refractivity contribution >= 4 is 46.4 Å². The molecule has 2 fully saturated rings. The fraction of sp³-hybridized carbons (Fsp3) is 0.590. The summed E-state index contributed by atoms with van der Waals surface area (Å²) in [5.41, 5.74) is 11.5. The van der Waals surface area contributed by atoms with Crippen molar-refractivity contribution in [3.63, 3.8) is 0 Å². The van der Waals surface area contributed by atoms with E-state index in [9.17, 15) is 19.2 Å². The first-order valence-electron chi connectivity index (χ1n) is 19.3. The number of nitrogens with zero attached hydrogens (tertiary/aromatic N) is 6. The third-order valence-electron chi connectivity index (χ3n) is 10.1. The summed E-state index contributed by atoms with van der Waals surface area (Å²) < 4.78 is 7.80. The number of hydrogen-bond donors (Lipinski definition) is 3. The number of carbonyl (C=O) groups excluding carboxylic acids is 4. The highest BCUT2D eigenvalue weighted by molar-refractivity contribution is 6.03. The second-order valence-corrected chi connectivity index (χ2v) is 14.3. The molecular weight excluding hydrogens is 674 g/mol. The molecule has 0 radical (unpaired) electrons. The van der Waals surface area contributed by atoms with Crippen LogP contribution in [0.25, 0.3) is 11.0 Å². The topological polar surface area (TPSA) is 168 Å². The summed E-state index contributed by atoms with van der Waals surface area (Å²) in [5, 5.41) is 6.30. The Morgan fingerprint density at radius 1 is 0.962 bits per heavy atom. The molecule has 0 saturated carbocycles. The van der Waals surface area contributed by atoms with E-state index in [0.29, 0.717) is 71.6 Å². The van der Waals surface area contributed by atoms with Crippen molar-refractivity contribution in [2.24, 2.45) is 5.92 Å². The van der Waals surface area contributed by atoms with Gasteiger partial charge in [-0.3, -0.25) is 29.0 Å². The first kappa shape index (κ1) is 39.6. The van der Waals surface area contributed by atoms with Crippen molar-refractivity contribution in [3.05, 3.63) is 47.2 Å². The smallest absolute Gasteiger partial charge is 0.232 e. The van der Waals surface area contributed by atoms with E-state index >= 15 is 0 Å². The van der Waals surface area contributed by atoms with Crippen molar-refractivity contribution in [1.29, 1.82) is 0 Å². The van der Waals surface area contributed by atoms with Gasteiger partial charge in [-0.25, -0.2) is 4.98 Å². The number of unbranched alkanes of at least 4 members (excludes halogenated alkanes) is 3. The molecule has 53 heavy (non-hydrogen) atoms. The SMILES string of the molecule is CCCCCNc1nc(N)nc2ccn(Cc3ccc(CN4CCN(C(=O)CCOCCNC(=O)CCCCN5C(=O)CC(C)C5=O)CC4)cc3C)c12. The van der Waals surface area contributed by atoms with Gasteiger partial charge >= 0.3 is 0 Å². The summed E-state index contributed by atoms with van der Waals surface area (Å²) in [4.78, 5) is 63.3. The third-order valence-corrected chi connectivity index (χ3v) is 10.1. The molecule has 14 heteroatoms. The average molecular weight is 732 g/mol. The molecule has 0 aliphatic carbocycles. The van der Waals surface area contributed by atoms with E-state index in [1.54, 1.807) is 6.92 Å². The number of fused-ring (bicyclic) bond motifs is 1. The number of likely N-dealkylation sites (tertiary alicyclic amines) is 1. The van der Waals surface area contributed by atoms with E-state index in [0.717, 1.165) is 62.3 Å². The number of amides is 4. The zero-order chi connectivity index (χ0) is 37.7. The van der Waals surface area contributed by atoms with Crippen LogP contribution in [0.15, 0.2) is 30.5 Å². The van der Waals surface area contributed by atoms with Crippen LogP contribution in [0.5, 0.6) is 0 Å². The average Bonchev–Trinajstić information content (AvgIpc) is 3.65. The summed E-state index contributed by atoms with van der Waals surface area (Å²) in [6.07, 6.45) is 7.58. The number of imide groups is 1. The molecule has 1 atom stereocenters. The van der Waals surface area contributed by atoms with E-state index in [4.69, 9.17) is 10.5 Å². The Morgan fingerprint density at radius 2 is 1.77 bits per heavy atom. The maximum absolute atomic E-state index is 12.8. The number of nitrogens with one attached hydrogen (secondary N) is 2. The Bertz CT molecular complexity index is 1720. The van der Waals surface area contributed by atoms with Gasteiger partial charge in [0.1, 0.15) is 5.52 Å². The van der Waals surface area contributed by atoms with Crippen LogP contribution in [-0.2, 0) is 37.0 Å². The molecule has 2 aliphatic heterocycles. The number of benzene rings is 1. The second kappa shape index (κ2) is 19.5. The maximum atomic E-state index is 12.8. The molecule has 288 valence electrons. The number of rotatable bonds is 20. The second-order valence-electron chi connectivity index (χ2n) is 14.3. The van der Waals surface area contributed by atoms with Crippen molar-refractivity contribution in [2.45, 2.75) is 85.2 Å². The summed E-state index contributed by atoms with van der Waals surface area (Å²) in [7, 11) is 0. The minimum absolute atomic E-state index is 0.0863. The lowest BCUT2D eigenvalue weighted by molar-refractivity contribution is -0.139. The number of ether oxygens (including phenoxy) is 1. The molecule has 0 bridgehead atoms. The summed E-state index contributed by atoms with van der Waals surface area (Å²) in [5.74, 6) is 0.569. The zero-order valence-electron chi connectivity index (χ0n) is 31.7. The van der Waals surface area contributed by atoms with Crippen molar-refractivity contribution in [1.82, 2.24) is 34.6 Å². The molecule has 0 spiro atoms. The van der Waals surface area contributed by atoms with Gasteiger partial charge in [0, 0.05) is 83.9 Å². The molecule has 2 aliphatic rings.